The number of nitrogens with zero attached hydrogens (tertiary/aromatic N) is 1. The van der Waals surface area contributed by atoms with E-state index in [-0.39, 0.29) is 0 Å². The Balaban J connectivity index is 3.62. The van der Waals surface area contributed by atoms with E-state index in [0.717, 1.165) is 13.1 Å². The molecule has 0 aliphatic heterocycles. The molecule has 6 heteroatoms. The molecule has 15 heavy (non-hydrogen) atoms. The molecule has 0 aliphatic carbocycles. The van der Waals surface area contributed by atoms with E-state index in [1.807, 2.05) is 18.9 Å². The molecule has 0 radical (unpaired) electrons. The second-order valence-electron chi connectivity index (χ2n) is 3.36. The predicted molar refractivity (Wildman–Crippen MR) is 56.8 cm³/mol. The molecular weight excluding hydrogens is 198 g/mol. The summed E-state index contributed by atoms with van der Waals surface area (Å²) in [5.74, 6) is -1.05. The molecule has 0 heterocycles. The highest BCUT2D eigenvalue weighted by Gasteiger charge is 2.12. The number of nitrogens with one attached hydrogen (secondary N) is 2. The minimum atomic E-state index is -1.05. The summed E-state index contributed by atoms with van der Waals surface area (Å²) in [6, 6.07) is -1.32. The van der Waals surface area contributed by atoms with Gasteiger partial charge >= 0.3 is 12.0 Å². The third-order valence-electron chi connectivity index (χ3n) is 2.04. The zero-order valence-electron chi connectivity index (χ0n) is 9.41. The molecule has 0 aliphatic rings. The summed E-state index contributed by atoms with van der Waals surface area (Å²) in [5, 5.41) is 13.4. The van der Waals surface area contributed by atoms with E-state index in [4.69, 9.17) is 5.11 Å². The third kappa shape index (κ3) is 6.73. The number of carboxylic acids is 1. The van der Waals surface area contributed by atoms with Crippen molar-refractivity contribution in [2.45, 2.75) is 19.9 Å². The second kappa shape index (κ2) is 7.05. The minimum Gasteiger partial charge on any atom is -0.480 e. The Morgan fingerprint density at radius 3 is 2.53 bits per heavy atom. The van der Waals surface area contributed by atoms with Gasteiger partial charge in [-0.15, -0.1) is 0 Å². The van der Waals surface area contributed by atoms with E-state index >= 15 is 0 Å². The van der Waals surface area contributed by atoms with E-state index in [9.17, 15) is 9.59 Å². The summed E-state index contributed by atoms with van der Waals surface area (Å²) < 4.78 is 0. The van der Waals surface area contributed by atoms with Crippen LogP contribution in [0.3, 0.4) is 0 Å². The molecule has 0 aromatic heterocycles. The highest BCUT2D eigenvalue weighted by Crippen LogP contribution is 1.81. The summed E-state index contributed by atoms with van der Waals surface area (Å²) in [6.07, 6.45) is 0. The van der Waals surface area contributed by atoms with E-state index in [0.29, 0.717) is 6.54 Å². The molecule has 1 unspecified atom stereocenters. The molecular formula is C9H19N3O3. The average molecular weight is 217 g/mol. The topological polar surface area (TPSA) is 81.7 Å². The number of rotatable bonds is 6. The van der Waals surface area contributed by atoms with E-state index in [1.54, 1.807) is 0 Å². The van der Waals surface area contributed by atoms with Crippen molar-refractivity contribution >= 4 is 12.0 Å². The van der Waals surface area contributed by atoms with Crippen LogP contribution in [-0.4, -0.2) is 54.7 Å². The third-order valence-corrected chi connectivity index (χ3v) is 2.04. The lowest BCUT2D eigenvalue weighted by Crippen LogP contribution is -2.46. The van der Waals surface area contributed by atoms with Gasteiger partial charge in [0.1, 0.15) is 6.04 Å². The molecule has 0 bridgehead atoms. The van der Waals surface area contributed by atoms with Crippen LogP contribution in [0.4, 0.5) is 4.79 Å². The van der Waals surface area contributed by atoms with Crippen molar-refractivity contribution in [2.75, 3.05) is 26.7 Å². The monoisotopic (exact) mass is 217 g/mol. The van der Waals surface area contributed by atoms with Gasteiger partial charge in [0.15, 0.2) is 0 Å². The Morgan fingerprint density at radius 1 is 1.47 bits per heavy atom. The van der Waals surface area contributed by atoms with Gasteiger partial charge in [0.05, 0.1) is 0 Å². The van der Waals surface area contributed by atoms with Crippen molar-refractivity contribution in [1.29, 1.82) is 0 Å². The highest BCUT2D eigenvalue weighted by atomic mass is 16.4. The van der Waals surface area contributed by atoms with E-state index in [2.05, 4.69) is 10.6 Å². The number of carbonyl (C=O) groups is 2. The molecule has 0 spiro atoms. The summed E-state index contributed by atoms with van der Waals surface area (Å²) in [6.45, 7) is 5.59. The van der Waals surface area contributed by atoms with Crippen LogP contribution in [0.2, 0.25) is 0 Å². The van der Waals surface area contributed by atoms with Gasteiger partial charge in [-0.2, -0.15) is 0 Å². The molecule has 88 valence electrons. The Labute approximate surface area is 89.6 Å². The fourth-order valence-electron chi connectivity index (χ4n) is 0.828. The van der Waals surface area contributed by atoms with Crippen LogP contribution in [-0.2, 0) is 4.79 Å². The molecule has 0 saturated carbocycles. The van der Waals surface area contributed by atoms with Gasteiger partial charge in [-0.05, 0) is 20.5 Å². The second-order valence-corrected chi connectivity index (χ2v) is 3.36. The van der Waals surface area contributed by atoms with Crippen LogP contribution in [0.1, 0.15) is 13.8 Å². The lowest BCUT2D eigenvalue weighted by molar-refractivity contribution is -0.138. The van der Waals surface area contributed by atoms with Crippen molar-refractivity contribution in [2.24, 2.45) is 0 Å². The van der Waals surface area contributed by atoms with Gasteiger partial charge in [-0.1, -0.05) is 6.92 Å². The molecule has 6 nitrogen and oxygen atoms in total. The van der Waals surface area contributed by atoms with E-state index in [1.165, 1.54) is 6.92 Å². The molecule has 0 fully saturated rings. The first-order valence-electron chi connectivity index (χ1n) is 4.93. The van der Waals surface area contributed by atoms with Gasteiger partial charge in [0, 0.05) is 13.1 Å². The van der Waals surface area contributed by atoms with Crippen LogP contribution >= 0.6 is 0 Å². The fourth-order valence-corrected chi connectivity index (χ4v) is 0.828. The molecule has 1 atom stereocenters. The first-order chi connectivity index (χ1) is 6.97. The number of hydrogen-bond donors (Lipinski definition) is 3. The van der Waals surface area contributed by atoms with Gasteiger partial charge in [-0.3, -0.25) is 4.79 Å². The van der Waals surface area contributed by atoms with Gasteiger partial charge in [0.25, 0.3) is 0 Å². The predicted octanol–water partition coefficient (Wildman–Crippen LogP) is -0.290. The van der Waals surface area contributed by atoms with Crippen LogP contribution in [0, 0.1) is 0 Å². The summed E-state index contributed by atoms with van der Waals surface area (Å²) in [7, 11) is 1.94. The van der Waals surface area contributed by atoms with Crippen LogP contribution in [0.25, 0.3) is 0 Å². The lowest BCUT2D eigenvalue weighted by Gasteiger charge is -2.15. The normalized spacial score (nSPS) is 12.3. The smallest absolute Gasteiger partial charge is 0.325 e. The summed E-state index contributed by atoms with van der Waals surface area (Å²) in [4.78, 5) is 23.6. The maximum Gasteiger partial charge on any atom is 0.325 e. The quantitative estimate of drug-likeness (QED) is 0.571. The van der Waals surface area contributed by atoms with Crippen molar-refractivity contribution in [3.05, 3.63) is 0 Å². The first kappa shape index (κ1) is 13.7. The molecule has 0 aromatic rings. The molecule has 0 rings (SSSR count). The van der Waals surface area contributed by atoms with Crippen molar-refractivity contribution in [3.63, 3.8) is 0 Å². The van der Waals surface area contributed by atoms with Crippen molar-refractivity contribution in [1.82, 2.24) is 15.5 Å². The SMILES string of the molecule is CCN(C)CCNC(=O)NC(C)C(=O)O. The van der Waals surface area contributed by atoms with Gasteiger partial charge in [0.2, 0.25) is 0 Å². The number of hydrogen-bond acceptors (Lipinski definition) is 3. The molecule has 3 N–H and O–H groups in total. The Bertz CT molecular complexity index is 221. The zero-order chi connectivity index (χ0) is 11.8. The lowest BCUT2D eigenvalue weighted by atomic mass is 10.3. The zero-order valence-corrected chi connectivity index (χ0v) is 9.41. The Hall–Kier alpha value is -1.30. The number of amides is 2. The van der Waals surface area contributed by atoms with Crippen LogP contribution in [0.15, 0.2) is 0 Å². The van der Waals surface area contributed by atoms with Crippen LogP contribution in [0.5, 0.6) is 0 Å². The fraction of sp³-hybridized carbons (Fsp3) is 0.778. The number of carbonyl (C=O) groups excluding carboxylic acids is 1. The highest BCUT2D eigenvalue weighted by molar-refractivity contribution is 5.82. The Morgan fingerprint density at radius 2 is 2.07 bits per heavy atom. The number of carboxylic acid groups (broad SMARTS) is 1. The Kier molecular flexibility index (Phi) is 6.44. The van der Waals surface area contributed by atoms with Crippen molar-refractivity contribution < 1.29 is 14.7 Å². The van der Waals surface area contributed by atoms with Gasteiger partial charge < -0.3 is 20.6 Å². The first-order valence-corrected chi connectivity index (χ1v) is 4.93. The minimum absolute atomic E-state index is 0.450. The maximum atomic E-state index is 11.1. The summed E-state index contributed by atoms with van der Waals surface area (Å²) >= 11 is 0. The molecule has 2 amide bonds. The average Bonchev–Trinajstić information content (AvgIpc) is 2.17. The van der Waals surface area contributed by atoms with E-state index < -0.39 is 18.0 Å². The number of likely N-dealkylation sites (N-methyl/N-ethyl adjacent to an activating group) is 1. The summed E-state index contributed by atoms with van der Waals surface area (Å²) in [5.41, 5.74) is 0. The van der Waals surface area contributed by atoms with Gasteiger partial charge in [-0.25, -0.2) is 4.79 Å². The molecule has 0 aromatic carbocycles. The van der Waals surface area contributed by atoms with Crippen molar-refractivity contribution in [3.8, 4) is 0 Å². The number of urea groups is 1. The standard InChI is InChI=1S/C9H19N3O3/c1-4-12(3)6-5-10-9(15)11-7(2)8(13)14/h7H,4-6H2,1-3H3,(H,13,14)(H2,10,11,15). The maximum absolute atomic E-state index is 11.1. The number of aliphatic carboxylic acids is 1. The van der Waals surface area contributed by atoms with Crippen LogP contribution < -0.4 is 10.6 Å². The largest absolute Gasteiger partial charge is 0.480 e. The molecule has 0 saturated heterocycles.